The summed E-state index contributed by atoms with van der Waals surface area (Å²) in [5, 5.41) is 9.15. The van der Waals surface area contributed by atoms with E-state index in [0.29, 0.717) is 0 Å². The van der Waals surface area contributed by atoms with Crippen LogP contribution in [0.4, 0.5) is 34.1 Å². The molecule has 1 aliphatic carbocycles. The zero-order valence-corrected chi connectivity index (χ0v) is 39.0. The number of rotatable bonds is 8. The van der Waals surface area contributed by atoms with Crippen molar-refractivity contribution in [3.8, 4) is 44.5 Å². The first-order valence-corrected chi connectivity index (χ1v) is 24.6. The molecule has 12 aromatic carbocycles. The Bertz CT molecular complexity index is 4160. The summed E-state index contributed by atoms with van der Waals surface area (Å²) in [5.74, 6) is 0. The third-order valence-electron chi connectivity index (χ3n) is 14.7. The fraction of sp³-hybridized carbons (Fsp3) is 0. The number of hydrogen-bond acceptors (Lipinski definition) is 4. The first-order chi connectivity index (χ1) is 35.7. The molecule has 0 radical (unpaired) electrons. The summed E-state index contributed by atoms with van der Waals surface area (Å²) < 4.78 is 13.9. The van der Waals surface area contributed by atoms with Crippen LogP contribution in [0.15, 0.2) is 264 Å². The van der Waals surface area contributed by atoms with Crippen molar-refractivity contribution in [3.05, 3.63) is 255 Å². The smallest absolute Gasteiger partial charge is 0.159 e. The lowest BCUT2D eigenvalue weighted by molar-refractivity contribution is 0.670. The second-order valence-electron chi connectivity index (χ2n) is 18.8. The number of nitrogens with zero attached hydrogens (tertiary/aromatic N) is 2. The van der Waals surface area contributed by atoms with Gasteiger partial charge in [0.2, 0.25) is 0 Å². The van der Waals surface area contributed by atoms with Gasteiger partial charge < -0.3 is 18.6 Å². The molecular formula is C68H42N2O2. The Hall–Kier alpha value is -9.64. The molecule has 336 valence electrons. The number of para-hydroxylation sites is 6. The fourth-order valence-corrected chi connectivity index (χ4v) is 11.3. The highest BCUT2D eigenvalue weighted by Gasteiger charge is 2.27. The highest BCUT2D eigenvalue weighted by molar-refractivity contribution is 6.16. The monoisotopic (exact) mass is 918 g/mol. The van der Waals surface area contributed by atoms with Crippen molar-refractivity contribution in [1.29, 1.82) is 0 Å². The number of hydrogen-bond donors (Lipinski definition) is 0. The second-order valence-corrected chi connectivity index (χ2v) is 18.8. The van der Waals surface area contributed by atoms with E-state index < -0.39 is 0 Å². The maximum absolute atomic E-state index is 6.97. The Kier molecular flexibility index (Phi) is 8.92. The topological polar surface area (TPSA) is 32.8 Å². The van der Waals surface area contributed by atoms with Crippen molar-refractivity contribution in [3.63, 3.8) is 0 Å². The first kappa shape index (κ1) is 40.3. The van der Waals surface area contributed by atoms with E-state index in [9.17, 15) is 0 Å². The van der Waals surface area contributed by atoms with Gasteiger partial charge in [0.1, 0.15) is 11.2 Å². The average molecular weight is 919 g/mol. The quantitative estimate of drug-likeness (QED) is 0.152. The third kappa shape index (κ3) is 6.26. The Labute approximate surface area is 415 Å². The molecule has 0 fully saturated rings. The Morgan fingerprint density at radius 1 is 0.222 bits per heavy atom. The number of benzene rings is 12. The van der Waals surface area contributed by atoms with Gasteiger partial charge in [-0.15, -0.1) is 0 Å². The van der Waals surface area contributed by atoms with Crippen LogP contribution in [0.3, 0.4) is 0 Å². The lowest BCUT2D eigenvalue weighted by Crippen LogP contribution is -2.10. The van der Waals surface area contributed by atoms with Crippen LogP contribution in [0.2, 0.25) is 0 Å². The van der Waals surface area contributed by atoms with Gasteiger partial charge in [-0.05, 0) is 140 Å². The second kappa shape index (κ2) is 16.0. The highest BCUT2D eigenvalue weighted by atomic mass is 16.3. The van der Waals surface area contributed by atoms with Crippen molar-refractivity contribution >= 4 is 99.5 Å². The summed E-state index contributed by atoms with van der Waals surface area (Å²) in [6.45, 7) is 0. The summed E-state index contributed by atoms with van der Waals surface area (Å²) in [6.07, 6.45) is 0. The van der Waals surface area contributed by atoms with Crippen LogP contribution in [0.25, 0.3) is 110 Å². The van der Waals surface area contributed by atoms with E-state index in [4.69, 9.17) is 8.83 Å². The molecule has 0 amide bonds. The van der Waals surface area contributed by atoms with Gasteiger partial charge in [-0.3, -0.25) is 0 Å². The molecule has 4 nitrogen and oxygen atoms in total. The number of furan rings is 2. The van der Waals surface area contributed by atoms with E-state index in [2.05, 4.69) is 265 Å². The van der Waals surface area contributed by atoms with E-state index >= 15 is 0 Å². The number of fused-ring (bicyclic) bond motifs is 12. The van der Waals surface area contributed by atoms with Crippen molar-refractivity contribution in [1.82, 2.24) is 0 Å². The molecule has 0 saturated carbocycles. The Morgan fingerprint density at radius 3 is 0.972 bits per heavy atom. The van der Waals surface area contributed by atoms with Gasteiger partial charge in [0.15, 0.2) is 11.2 Å². The molecule has 1 aliphatic rings. The van der Waals surface area contributed by atoms with Crippen molar-refractivity contribution in [2.45, 2.75) is 0 Å². The van der Waals surface area contributed by atoms with Gasteiger partial charge in [0.25, 0.3) is 0 Å². The fourth-order valence-electron chi connectivity index (χ4n) is 11.3. The maximum atomic E-state index is 6.97. The van der Waals surface area contributed by atoms with Crippen LogP contribution in [0, 0.1) is 0 Å². The SMILES string of the molecule is c1ccc(-c2cccc3c2oc2c(N(c4ccccc4)c4ccc5cc6c(cc5c4)-c4cc5cc(N(c7ccccc7)c7cccc8c7oc7c(-c9ccccc9)cccc78)ccc5cc4-6)cccc23)cc1. The molecule has 0 N–H and O–H groups in total. The third-order valence-corrected chi connectivity index (χ3v) is 14.7. The van der Waals surface area contributed by atoms with Crippen LogP contribution in [-0.2, 0) is 0 Å². The van der Waals surface area contributed by atoms with Gasteiger partial charge in [0.05, 0.1) is 11.4 Å². The molecule has 0 aliphatic heterocycles. The molecule has 2 heterocycles. The number of anilines is 6. The van der Waals surface area contributed by atoms with Crippen molar-refractivity contribution in [2.75, 3.05) is 9.80 Å². The lowest BCUT2D eigenvalue weighted by Gasteiger charge is -2.28. The summed E-state index contributed by atoms with van der Waals surface area (Å²) in [6, 6.07) is 91.3. The van der Waals surface area contributed by atoms with Gasteiger partial charge in [-0.1, -0.05) is 170 Å². The minimum absolute atomic E-state index is 0.856. The van der Waals surface area contributed by atoms with E-state index in [1.54, 1.807) is 0 Å². The molecule has 14 aromatic rings. The predicted octanol–water partition coefficient (Wildman–Crippen LogP) is 19.7. The van der Waals surface area contributed by atoms with Gasteiger partial charge in [-0.25, -0.2) is 0 Å². The van der Waals surface area contributed by atoms with Crippen LogP contribution in [0.1, 0.15) is 0 Å². The maximum Gasteiger partial charge on any atom is 0.159 e. The van der Waals surface area contributed by atoms with Crippen LogP contribution in [-0.4, -0.2) is 0 Å². The zero-order valence-electron chi connectivity index (χ0n) is 39.0. The largest absolute Gasteiger partial charge is 0.453 e. The lowest BCUT2D eigenvalue weighted by atomic mass is 9.78. The minimum Gasteiger partial charge on any atom is -0.453 e. The van der Waals surface area contributed by atoms with Gasteiger partial charge in [-0.2, -0.15) is 0 Å². The standard InChI is InChI=1S/C68H42N2O2/c1-5-17-43(18-6-1)53-25-13-27-55-57-29-15-31-63(67(57)71-65(53)55)69(49-21-9-3-10-22-49)51-35-33-45-39-59-60-40-46-34-36-52(38-48(46)42-62(60)61(59)41-47(45)37-51)70(50-23-11-4-12-24-50)64-32-16-30-58-56-28-14-26-54(66(56)72-68(58)64)44-19-7-2-8-20-44/h1-42H. The van der Waals surface area contributed by atoms with Crippen LogP contribution < -0.4 is 9.80 Å². The van der Waals surface area contributed by atoms with Gasteiger partial charge >= 0.3 is 0 Å². The Morgan fingerprint density at radius 2 is 0.569 bits per heavy atom. The molecule has 72 heavy (non-hydrogen) atoms. The van der Waals surface area contributed by atoms with E-state index in [0.717, 1.165) is 100 Å². The summed E-state index contributed by atoms with van der Waals surface area (Å²) in [5.41, 5.74) is 19.3. The van der Waals surface area contributed by atoms with E-state index in [1.807, 2.05) is 0 Å². The molecule has 0 spiro atoms. The van der Waals surface area contributed by atoms with Crippen molar-refractivity contribution in [2.24, 2.45) is 0 Å². The molecule has 4 heteroatoms. The average Bonchev–Trinajstić information content (AvgIpc) is 4.03. The molecular weight excluding hydrogens is 877 g/mol. The molecule has 2 aromatic heterocycles. The minimum atomic E-state index is 0.856. The highest BCUT2D eigenvalue weighted by Crippen LogP contribution is 2.52. The van der Waals surface area contributed by atoms with Crippen LogP contribution in [0.5, 0.6) is 0 Å². The summed E-state index contributed by atoms with van der Waals surface area (Å²) in [7, 11) is 0. The zero-order chi connectivity index (χ0) is 47.3. The molecule has 15 rings (SSSR count). The Balaban J connectivity index is 0.837. The van der Waals surface area contributed by atoms with Crippen molar-refractivity contribution < 1.29 is 8.83 Å². The van der Waals surface area contributed by atoms with Gasteiger partial charge in [0, 0.05) is 55.4 Å². The molecule has 0 saturated heterocycles. The predicted molar refractivity (Wildman–Crippen MR) is 301 cm³/mol. The molecule has 0 unspecified atom stereocenters. The van der Waals surface area contributed by atoms with E-state index in [1.165, 1.54) is 43.8 Å². The summed E-state index contributed by atoms with van der Waals surface area (Å²) >= 11 is 0. The molecule has 0 atom stereocenters. The molecule has 0 bridgehead atoms. The first-order valence-electron chi connectivity index (χ1n) is 24.6. The normalized spacial score (nSPS) is 11.9. The van der Waals surface area contributed by atoms with E-state index in [-0.39, 0.29) is 0 Å². The van der Waals surface area contributed by atoms with Crippen LogP contribution >= 0.6 is 0 Å². The summed E-state index contributed by atoms with van der Waals surface area (Å²) in [4.78, 5) is 4.67.